The first-order chi connectivity index (χ1) is 8.24. The number of rotatable bonds is 5. The molecule has 0 saturated carbocycles. The predicted octanol–water partition coefficient (Wildman–Crippen LogP) is 3.20. The summed E-state index contributed by atoms with van der Waals surface area (Å²) in [5, 5.41) is 3.47. The van der Waals surface area contributed by atoms with Crippen molar-refractivity contribution in [1.82, 2.24) is 5.32 Å². The van der Waals surface area contributed by atoms with Crippen LogP contribution >= 0.6 is 0 Å². The maximum Gasteiger partial charge on any atom is 0.0369 e. The molecule has 0 bridgehead atoms. The van der Waals surface area contributed by atoms with E-state index in [1.54, 1.807) is 0 Å². The van der Waals surface area contributed by atoms with E-state index in [0.29, 0.717) is 6.04 Å². The Morgan fingerprint density at radius 2 is 2.12 bits per heavy atom. The molecule has 1 aliphatic heterocycles. The van der Waals surface area contributed by atoms with Crippen LogP contribution in [0.3, 0.4) is 0 Å². The Kier molecular flexibility index (Phi) is 4.06. The fourth-order valence-corrected chi connectivity index (χ4v) is 2.45. The smallest absolute Gasteiger partial charge is 0.0369 e. The number of anilines is 1. The summed E-state index contributed by atoms with van der Waals surface area (Å²) in [7, 11) is 0. The fraction of sp³-hybridized carbons (Fsp3) is 0.600. The van der Waals surface area contributed by atoms with E-state index < -0.39 is 0 Å². The molecular weight excluding hydrogens is 208 g/mol. The van der Waals surface area contributed by atoms with Crippen molar-refractivity contribution in [3.63, 3.8) is 0 Å². The maximum absolute atomic E-state index is 3.47. The molecule has 1 aromatic carbocycles. The average molecular weight is 232 g/mol. The summed E-state index contributed by atoms with van der Waals surface area (Å²) in [6.45, 7) is 10.2. The molecule has 1 unspecified atom stereocenters. The molecule has 94 valence electrons. The van der Waals surface area contributed by atoms with Gasteiger partial charge in [-0.3, -0.25) is 0 Å². The van der Waals surface area contributed by atoms with E-state index in [9.17, 15) is 0 Å². The van der Waals surface area contributed by atoms with Gasteiger partial charge in [0.05, 0.1) is 0 Å². The Balaban J connectivity index is 2.02. The first-order valence-electron chi connectivity index (χ1n) is 6.82. The summed E-state index contributed by atoms with van der Waals surface area (Å²) in [6, 6.07) is 9.40. The highest BCUT2D eigenvalue weighted by Crippen LogP contribution is 2.28. The van der Waals surface area contributed by atoms with Crippen LogP contribution < -0.4 is 10.2 Å². The van der Waals surface area contributed by atoms with E-state index in [1.165, 1.54) is 30.8 Å². The van der Waals surface area contributed by atoms with Gasteiger partial charge in [-0.2, -0.15) is 0 Å². The van der Waals surface area contributed by atoms with Gasteiger partial charge in [-0.05, 0) is 43.5 Å². The van der Waals surface area contributed by atoms with Crippen molar-refractivity contribution < 1.29 is 0 Å². The third-order valence-corrected chi connectivity index (χ3v) is 3.78. The zero-order valence-corrected chi connectivity index (χ0v) is 11.2. The molecule has 1 N–H and O–H groups in total. The van der Waals surface area contributed by atoms with Crippen LogP contribution in [0.1, 0.15) is 38.8 Å². The highest BCUT2D eigenvalue weighted by molar-refractivity contribution is 5.51. The largest absolute Gasteiger partial charge is 0.371 e. The molecule has 1 fully saturated rings. The normalized spacial score (nSPS) is 17.9. The molecule has 0 spiro atoms. The molecule has 0 radical (unpaired) electrons. The molecule has 1 heterocycles. The Hall–Kier alpha value is -1.02. The summed E-state index contributed by atoms with van der Waals surface area (Å²) in [5.74, 6) is 0.907. The van der Waals surface area contributed by atoms with Crippen molar-refractivity contribution >= 4 is 5.69 Å². The van der Waals surface area contributed by atoms with Crippen molar-refractivity contribution in [3.05, 3.63) is 29.8 Å². The number of nitrogens with zero attached hydrogens (tertiary/aromatic N) is 1. The van der Waals surface area contributed by atoms with E-state index >= 15 is 0 Å². The molecule has 2 nitrogen and oxygen atoms in total. The number of hydrogen-bond acceptors (Lipinski definition) is 2. The Morgan fingerprint density at radius 3 is 2.76 bits per heavy atom. The van der Waals surface area contributed by atoms with Gasteiger partial charge in [-0.15, -0.1) is 0 Å². The van der Waals surface area contributed by atoms with Crippen molar-refractivity contribution in [2.75, 3.05) is 24.5 Å². The van der Waals surface area contributed by atoms with Crippen LogP contribution in [-0.4, -0.2) is 19.6 Å². The predicted molar refractivity (Wildman–Crippen MR) is 74.5 cm³/mol. The first kappa shape index (κ1) is 12.4. The van der Waals surface area contributed by atoms with E-state index in [0.717, 1.165) is 12.5 Å². The van der Waals surface area contributed by atoms with Gasteiger partial charge < -0.3 is 10.2 Å². The summed E-state index contributed by atoms with van der Waals surface area (Å²) >= 11 is 0. The molecule has 2 heteroatoms. The quantitative estimate of drug-likeness (QED) is 0.838. The van der Waals surface area contributed by atoms with Crippen LogP contribution in [0.15, 0.2) is 24.3 Å². The molecular formula is C15H24N2. The lowest BCUT2D eigenvalue weighted by Gasteiger charge is -2.41. The van der Waals surface area contributed by atoms with Crippen LogP contribution in [0.2, 0.25) is 0 Å². The molecule has 1 saturated heterocycles. The van der Waals surface area contributed by atoms with Crippen molar-refractivity contribution in [2.45, 2.75) is 33.2 Å². The summed E-state index contributed by atoms with van der Waals surface area (Å²) in [6.07, 6.45) is 1.31. The van der Waals surface area contributed by atoms with E-state index in [2.05, 4.69) is 55.3 Å². The van der Waals surface area contributed by atoms with Crippen molar-refractivity contribution in [2.24, 2.45) is 5.92 Å². The molecule has 2 rings (SSSR count). The van der Waals surface area contributed by atoms with Crippen LogP contribution in [0, 0.1) is 5.92 Å². The Morgan fingerprint density at radius 1 is 1.35 bits per heavy atom. The van der Waals surface area contributed by atoms with Gasteiger partial charge in [0.25, 0.3) is 0 Å². The maximum atomic E-state index is 3.47. The van der Waals surface area contributed by atoms with Gasteiger partial charge in [0, 0.05) is 24.8 Å². The van der Waals surface area contributed by atoms with E-state index in [4.69, 9.17) is 0 Å². The van der Waals surface area contributed by atoms with Crippen LogP contribution in [0.4, 0.5) is 5.69 Å². The van der Waals surface area contributed by atoms with Crippen molar-refractivity contribution in [3.8, 4) is 0 Å². The van der Waals surface area contributed by atoms with Gasteiger partial charge in [0.15, 0.2) is 0 Å². The van der Waals surface area contributed by atoms with Crippen LogP contribution in [0.25, 0.3) is 0 Å². The van der Waals surface area contributed by atoms with Gasteiger partial charge >= 0.3 is 0 Å². The zero-order chi connectivity index (χ0) is 12.3. The molecule has 0 aromatic heterocycles. The summed E-state index contributed by atoms with van der Waals surface area (Å²) in [4.78, 5) is 2.48. The SMILES string of the molecule is CCNC(C)c1cccc(N2CC(CC)C2)c1. The lowest BCUT2D eigenvalue weighted by atomic mass is 9.96. The first-order valence-corrected chi connectivity index (χ1v) is 6.82. The monoisotopic (exact) mass is 232 g/mol. The van der Waals surface area contributed by atoms with Crippen LogP contribution in [-0.2, 0) is 0 Å². The number of hydrogen-bond donors (Lipinski definition) is 1. The third-order valence-electron chi connectivity index (χ3n) is 3.78. The molecule has 1 aliphatic rings. The minimum absolute atomic E-state index is 0.447. The highest BCUT2D eigenvalue weighted by atomic mass is 15.2. The lowest BCUT2D eigenvalue weighted by molar-refractivity contribution is 0.398. The molecule has 0 aliphatic carbocycles. The minimum atomic E-state index is 0.447. The van der Waals surface area contributed by atoms with Gasteiger partial charge in [-0.25, -0.2) is 0 Å². The topological polar surface area (TPSA) is 15.3 Å². The van der Waals surface area contributed by atoms with Crippen molar-refractivity contribution in [1.29, 1.82) is 0 Å². The second-order valence-corrected chi connectivity index (χ2v) is 5.05. The Bertz CT molecular complexity index is 356. The Labute approximate surface area is 105 Å². The summed E-state index contributed by atoms with van der Waals surface area (Å²) in [5.41, 5.74) is 2.78. The number of benzene rings is 1. The van der Waals surface area contributed by atoms with Crippen LogP contribution in [0.5, 0.6) is 0 Å². The van der Waals surface area contributed by atoms with Gasteiger partial charge in [-0.1, -0.05) is 26.0 Å². The van der Waals surface area contributed by atoms with Gasteiger partial charge in [0.2, 0.25) is 0 Å². The second-order valence-electron chi connectivity index (χ2n) is 5.05. The second kappa shape index (κ2) is 5.54. The highest BCUT2D eigenvalue weighted by Gasteiger charge is 2.25. The minimum Gasteiger partial charge on any atom is -0.371 e. The lowest BCUT2D eigenvalue weighted by Crippen LogP contribution is -2.46. The molecule has 0 amide bonds. The standard InChI is InChI=1S/C15H24N2/c1-4-13-10-17(11-13)15-8-6-7-14(9-15)12(3)16-5-2/h6-9,12-13,16H,4-5,10-11H2,1-3H3. The zero-order valence-electron chi connectivity index (χ0n) is 11.2. The van der Waals surface area contributed by atoms with E-state index in [-0.39, 0.29) is 0 Å². The number of nitrogens with one attached hydrogen (secondary N) is 1. The third kappa shape index (κ3) is 2.81. The molecule has 1 atom stereocenters. The fourth-order valence-electron chi connectivity index (χ4n) is 2.45. The molecule has 1 aromatic rings. The van der Waals surface area contributed by atoms with E-state index in [1.807, 2.05) is 0 Å². The average Bonchev–Trinajstić information content (AvgIpc) is 2.28. The summed E-state index contributed by atoms with van der Waals surface area (Å²) < 4.78 is 0. The van der Waals surface area contributed by atoms with Gasteiger partial charge in [0.1, 0.15) is 0 Å². The molecule has 17 heavy (non-hydrogen) atoms.